The van der Waals surface area contributed by atoms with Gasteiger partial charge in [-0.25, -0.2) is 4.79 Å². The van der Waals surface area contributed by atoms with Crippen LogP contribution in [0.5, 0.6) is 0 Å². The molecule has 12 heteroatoms. The van der Waals surface area contributed by atoms with Crippen molar-refractivity contribution in [1.29, 1.82) is 0 Å². The SMILES string of the molecule is C[C@@H](O)[C@H]1C(=O)N2C(C(=O)OCc3ccc([N+](=O)[O-])cc3)=C(SC3CN(C)C(=S)N(C)C3)[C@H](C)[C@H]12. The molecule has 2 fully saturated rings. The van der Waals surface area contributed by atoms with Crippen LogP contribution in [0.25, 0.3) is 0 Å². The highest BCUT2D eigenvalue weighted by atomic mass is 32.2. The Morgan fingerprint density at radius 2 is 1.89 bits per heavy atom. The highest BCUT2D eigenvalue weighted by Gasteiger charge is 2.60. The number of ether oxygens (including phenoxy) is 1. The van der Waals surface area contributed by atoms with Crippen LogP contribution in [0.3, 0.4) is 0 Å². The molecular weight excluding hydrogens is 492 g/mol. The van der Waals surface area contributed by atoms with Crippen molar-refractivity contribution in [3.63, 3.8) is 0 Å². The van der Waals surface area contributed by atoms with Gasteiger partial charge in [-0.1, -0.05) is 6.92 Å². The van der Waals surface area contributed by atoms with Gasteiger partial charge in [0, 0.05) is 55.4 Å². The molecule has 0 saturated carbocycles. The summed E-state index contributed by atoms with van der Waals surface area (Å²) >= 11 is 6.98. The number of nitro benzene ring substituents is 1. The molecule has 3 aliphatic rings. The van der Waals surface area contributed by atoms with E-state index < -0.39 is 22.9 Å². The Bertz CT molecular complexity index is 1080. The van der Waals surface area contributed by atoms with Crippen molar-refractivity contribution >= 4 is 46.7 Å². The molecule has 0 aliphatic carbocycles. The van der Waals surface area contributed by atoms with Gasteiger partial charge in [0.1, 0.15) is 12.3 Å². The number of fused-ring (bicyclic) bond motifs is 1. The van der Waals surface area contributed by atoms with Gasteiger partial charge in [0.25, 0.3) is 5.69 Å². The fourth-order valence-corrected chi connectivity index (χ4v) is 6.72. The van der Waals surface area contributed by atoms with E-state index in [1.165, 1.54) is 29.2 Å². The van der Waals surface area contributed by atoms with E-state index in [0.29, 0.717) is 18.7 Å². The number of β-lactam (4-membered cyclic amide) rings is 1. The Labute approximate surface area is 213 Å². The first-order valence-corrected chi connectivity index (χ1v) is 12.6. The van der Waals surface area contributed by atoms with Crippen molar-refractivity contribution in [3.8, 4) is 0 Å². The lowest BCUT2D eigenvalue weighted by Gasteiger charge is -2.46. The number of thioether (sulfide) groups is 1. The summed E-state index contributed by atoms with van der Waals surface area (Å²) in [4.78, 5) is 42.8. The summed E-state index contributed by atoms with van der Waals surface area (Å²) < 4.78 is 5.56. The average Bonchev–Trinajstić information content (AvgIpc) is 3.04. The molecule has 35 heavy (non-hydrogen) atoms. The molecule has 1 N–H and O–H groups in total. The van der Waals surface area contributed by atoms with Gasteiger partial charge in [-0.05, 0) is 36.8 Å². The van der Waals surface area contributed by atoms with E-state index in [0.717, 1.165) is 10.0 Å². The van der Waals surface area contributed by atoms with E-state index in [9.17, 15) is 24.8 Å². The first-order chi connectivity index (χ1) is 16.5. The Hall–Kier alpha value is -2.70. The van der Waals surface area contributed by atoms with Gasteiger partial charge in [0.2, 0.25) is 5.91 Å². The molecule has 188 valence electrons. The molecular formula is C23H28N4O6S2. The van der Waals surface area contributed by atoms with Crippen molar-refractivity contribution in [2.75, 3.05) is 27.2 Å². The molecule has 3 heterocycles. The Morgan fingerprint density at radius 1 is 1.29 bits per heavy atom. The van der Waals surface area contributed by atoms with Crippen molar-refractivity contribution in [1.82, 2.24) is 14.7 Å². The van der Waals surface area contributed by atoms with Gasteiger partial charge in [-0.3, -0.25) is 14.9 Å². The maximum absolute atomic E-state index is 13.3. The molecule has 3 aliphatic heterocycles. The zero-order chi connectivity index (χ0) is 25.6. The first-order valence-electron chi connectivity index (χ1n) is 11.3. The van der Waals surface area contributed by atoms with Gasteiger partial charge in [-0.15, -0.1) is 11.8 Å². The normalized spacial score (nSPS) is 25.5. The lowest BCUT2D eigenvalue weighted by Crippen LogP contribution is -2.63. The van der Waals surface area contributed by atoms with Gasteiger partial charge in [0.15, 0.2) is 5.11 Å². The molecule has 4 rings (SSSR count). The molecule has 2 saturated heterocycles. The van der Waals surface area contributed by atoms with E-state index in [-0.39, 0.29) is 41.1 Å². The molecule has 10 nitrogen and oxygen atoms in total. The third-order valence-electron chi connectivity index (χ3n) is 6.72. The predicted molar refractivity (Wildman–Crippen MR) is 134 cm³/mol. The number of amides is 1. The first kappa shape index (κ1) is 25.4. The van der Waals surface area contributed by atoms with Crippen LogP contribution >= 0.6 is 24.0 Å². The zero-order valence-electron chi connectivity index (χ0n) is 19.9. The second-order valence-electron chi connectivity index (χ2n) is 9.25. The third-order valence-corrected chi connectivity index (χ3v) is 8.79. The number of rotatable bonds is 7. The third kappa shape index (κ3) is 4.62. The summed E-state index contributed by atoms with van der Waals surface area (Å²) in [5.41, 5.74) is 0.781. The van der Waals surface area contributed by atoms with Crippen LogP contribution in [-0.4, -0.2) is 86.3 Å². The minimum Gasteiger partial charge on any atom is -0.456 e. The van der Waals surface area contributed by atoms with Crippen LogP contribution in [0.2, 0.25) is 0 Å². The van der Waals surface area contributed by atoms with Crippen LogP contribution in [0, 0.1) is 22.0 Å². The summed E-state index contributed by atoms with van der Waals surface area (Å²) in [5.74, 6) is -1.60. The number of thiocarbonyl (C=S) groups is 1. The maximum atomic E-state index is 13.3. The van der Waals surface area contributed by atoms with Gasteiger partial charge in [0.05, 0.1) is 23.0 Å². The van der Waals surface area contributed by atoms with Crippen LogP contribution in [0.1, 0.15) is 19.4 Å². The summed E-state index contributed by atoms with van der Waals surface area (Å²) in [7, 11) is 3.86. The molecule has 0 radical (unpaired) electrons. The number of benzene rings is 1. The topological polar surface area (TPSA) is 116 Å². The van der Waals surface area contributed by atoms with E-state index in [1.54, 1.807) is 18.7 Å². The second-order valence-corrected chi connectivity index (χ2v) is 11.0. The zero-order valence-corrected chi connectivity index (χ0v) is 21.5. The number of hydrogen-bond acceptors (Lipinski definition) is 8. The highest BCUT2D eigenvalue weighted by molar-refractivity contribution is 8.03. The van der Waals surface area contributed by atoms with E-state index in [2.05, 4.69) is 0 Å². The molecule has 0 bridgehead atoms. The summed E-state index contributed by atoms with van der Waals surface area (Å²) in [6.07, 6.45) is -0.822. The number of aliphatic hydroxyl groups excluding tert-OH is 1. The number of nitrogens with zero attached hydrogens (tertiary/aromatic N) is 4. The molecule has 4 atom stereocenters. The molecule has 0 unspecified atom stereocenters. The quantitative estimate of drug-likeness (QED) is 0.188. The van der Waals surface area contributed by atoms with Crippen molar-refractivity contribution in [3.05, 3.63) is 50.5 Å². The van der Waals surface area contributed by atoms with Crippen LogP contribution in [-0.2, 0) is 20.9 Å². The van der Waals surface area contributed by atoms with E-state index in [4.69, 9.17) is 17.0 Å². The molecule has 1 aromatic rings. The fraction of sp³-hybridized carbons (Fsp3) is 0.522. The van der Waals surface area contributed by atoms with Gasteiger partial charge in [-0.2, -0.15) is 0 Å². The minimum absolute atomic E-state index is 0.0498. The highest BCUT2D eigenvalue weighted by Crippen LogP contribution is 2.51. The Morgan fingerprint density at radius 3 is 2.43 bits per heavy atom. The molecule has 1 aromatic carbocycles. The summed E-state index contributed by atoms with van der Waals surface area (Å²) in [5, 5.41) is 21.9. The Kier molecular flexibility index (Phi) is 7.07. The standard InChI is InChI=1S/C23H28N4O6S2/c1-12-18-17(13(2)28)21(29)26(18)19(20(12)35-16-9-24(3)23(34)25(4)10-16)22(30)33-11-14-5-7-15(8-6-14)27(31)32/h5-8,12-13,16-18,28H,9-11H2,1-4H3/t12-,13-,17-,18-/m1/s1. The number of carbonyl (C=O) groups is 2. The maximum Gasteiger partial charge on any atom is 0.356 e. The molecule has 1 amide bonds. The number of nitro groups is 1. The lowest BCUT2D eigenvalue weighted by atomic mass is 9.79. The number of hydrogen-bond donors (Lipinski definition) is 1. The van der Waals surface area contributed by atoms with E-state index >= 15 is 0 Å². The summed E-state index contributed by atoms with van der Waals surface area (Å²) in [6.45, 7) is 4.89. The number of non-ortho nitro benzene ring substituents is 1. The van der Waals surface area contributed by atoms with Crippen molar-refractivity contribution in [2.24, 2.45) is 11.8 Å². The van der Waals surface area contributed by atoms with Crippen LogP contribution < -0.4 is 0 Å². The molecule has 0 spiro atoms. The number of aliphatic hydroxyl groups is 1. The molecule has 0 aromatic heterocycles. The van der Waals surface area contributed by atoms with Gasteiger partial charge < -0.3 is 24.5 Å². The minimum atomic E-state index is -0.822. The number of esters is 1. The lowest BCUT2D eigenvalue weighted by molar-refractivity contribution is -0.384. The monoisotopic (exact) mass is 520 g/mol. The average molecular weight is 521 g/mol. The number of carbonyl (C=O) groups excluding carboxylic acids is 2. The summed E-state index contributed by atoms with van der Waals surface area (Å²) in [6, 6.07) is 5.47. The second kappa shape index (κ2) is 9.75. The smallest absolute Gasteiger partial charge is 0.356 e. The predicted octanol–water partition coefficient (Wildman–Crippen LogP) is 1.97. The Balaban J connectivity index is 1.57. The van der Waals surface area contributed by atoms with Crippen LogP contribution in [0.15, 0.2) is 34.9 Å². The van der Waals surface area contributed by atoms with E-state index in [1.807, 2.05) is 30.8 Å². The largest absolute Gasteiger partial charge is 0.456 e. The van der Waals surface area contributed by atoms with Crippen LogP contribution in [0.4, 0.5) is 5.69 Å². The van der Waals surface area contributed by atoms with Gasteiger partial charge >= 0.3 is 5.97 Å². The van der Waals surface area contributed by atoms with Crippen molar-refractivity contribution in [2.45, 2.75) is 37.9 Å². The fourth-order valence-electron chi connectivity index (χ4n) is 4.97. The van der Waals surface area contributed by atoms with Crippen molar-refractivity contribution < 1.29 is 24.4 Å².